The maximum Gasteiger partial charge on any atom is 0 e. The fraction of sp³-hybridized carbons (Fsp3) is 0.500. The summed E-state index contributed by atoms with van der Waals surface area (Å²) >= 11 is 0. The van der Waals surface area contributed by atoms with Crippen LogP contribution in [0.15, 0.2) is 36.5 Å². The van der Waals surface area contributed by atoms with Crippen LogP contribution in [0.5, 0.6) is 0 Å². The van der Waals surface area contributed by atoms with Crippen LogP contribution >= 0.6 is 12.4 Å². The largest absolute Gasteiger partial charge is 0.500 e. The Morgan fingerprint density at radius 2 is 0.944 bits per heavy atom. The summed E-state index contributed by atoms with van der Waals surface area (Å²) in [5, 5.41) is 0. The summed E-state index contributed by atoms with van der Waals surface area (Å²) in [6.07, 6.45) is 29.0. The number of hydrogen-bond donors (Lipinski definition) is 0. The number of hydrogen-bond acceptors (Lipinski definition) is 0. The molecule has 0 nitrogen and oxygen atoms in total. The van der Waals surface area contributed by atoms with Gasteiger partial charge in [0.05, 0.1) is 0 Å². The maximum absolute atomic E-state index is 3.21. The van der Waals surface area contributed by atoms with Crippen molar-refractivity contribution in [1.82, 2.24) is 0 Å². The van der Waals surface area contributed by atoms with E-state index in [4.69, 9.17) is 0 Å². The molecule has 0 aromatic carbocycles. The van der Waals surface area contributed by atoms with Crippen molar-refractivity contribution in [2.45, 2.75) is 51.4 Å². The van der Waals surface area contributed by atoms with Gasteiger partial charge in [-0.1, -0.05) is 50.0 Å². The smallest absolute Gasteiger partial charge is 0 e. The Morgan fingerprint density at radius 1 is 0.556 bits per heavy atom. The van der Waals surface area contributed by atoms with E-state index in [0.29, 0.717) is 0 Å². The predicted molar refractivity (Wildman–Crippen MR) is 78.1 cm³/mol. The Hall–Kier alpha value is -0.101. The molecule has 0 bridgehead atoms. The molecule has 0 amide bonds. The molecule has 2 rings (SSSR count). The third-order valence-corrected chi connectivity index (χ3v) is 2.49. The van der Waals surface area contributed by atoms with E-state index < -0.39 is 0 Å². The maximum atomic E-state index is 3.21. The Bertz CT molecular complexity index is 184. The topological polar surface area (TPSA) is 0 Å². The van der Waals surface area contributed by atoms with E-state index in [0.717, 1.165) is 12.8 Å². The Morgan fingerprint density at radius 3 is 1.39 bits per heavy atom. The summed E-state index contributed by atoms with van der Waals surface area (Å²) in [6.45, 7) is 0. The molecule has 1 radical (unpaired) electrons. The molecule has 2 heteroatoms. The second-order valence-corrected chi connectivity index (χ2v) is 3.99. The molecule has 0 aliphatic heterocycles. The first kappa shape index (κ1) is 20.2. The van der Waals surface area contributed by atoms with Crippen molar-refractivity contribution in [3.05, 3.63) is 48.6 Å². The molecule has 0 saturated heterocycles. The minimum atomic E-state index is 0. The molecule has 2 aliphatic carbocycles. The number of rotatable bonds is 0. The van der Waals surface area contributed by atoms with Crippen molar-refractivity contribution in [2.75, 3.05) is 0 Å². The van der Waals surface area contributed by atoms with Crippen LogP contribution in [0.2, 0.25) is 0 Å². The first-order valence-electron chi connectivity index (χ1n) is 6.40. The van der Waals surface area contributed by atoms with E-state index in [2.05, 4.69) is 48.6 Å². The number of halogens is 1. The quantitative estimate of drug-likeness (QED) is 0.349. The van der Waals surface area contributed by atoms with E-state index in [9.17, 15) is 0 Å². The van der Waals surface area contributed by atoms with Gasteiger partial charge in [0.1, 0.15) is 0 Å². The zero-order valence-corrected chi connectivity index (χ0v) is 14.1. The molecule has 0 aromatic heterocycles. The number of allylic oxidation sites excluding steroid dienone is 8. The molecule has 0 aromatic rings. The van der Waals surface area contributed by atoms with Crippen LogP contribution in [0.3, 0.4) is 0 Å². The summed E-state index contributed by atoms with van der Waals surface area (Å²) in [4.78, 5) is 0. The van der Waals surface area contributed by atoms with E-state index >= 15 is 0 Å². The normalized spacial score (nSPS) is 17.8. The van der Waals surface area contributed by atoms with Gasteiger partial charge in [-0.15, -0.1) is 12.4 Å². The van der Waals surface area contributed by atoms with Crippen LogP contribution in [0.1, 0.15) is 51.4 Å². The van der Waals surface area contributed by atoms with Gasteiger partial charge in [0.25, 0.3) is 0 Å². The van der Waals surface area contributed by atoms with Crippen LogP contribution < -0.4 is 0 Å². The summed E-state index contributed by atoms with van der Waals surface area (Å²) in [5.41, 5.74) is 0. The average Bonchev–Trinajstić information content (AvgIpc) is 2.15. The zero-order chi connectivity index (χ0) is 11.3. The van der Waals surface area contributed by atoms with Crippen LogP contribution in [-0.2, 0) is 20.1 Å². The summed E-state index contributed by atoms with van der Waals surface area (Å²) in [5.74, 6) is 0. The van der Waals surface area contributed by atoms with Crippen LogP contribution in [0.4, 0.5) is 0 Å². The van der Waals surface area contributed by atoms with Gasteiger partial charge in [0.2, 0.25) is 0 Å². The SMILES string of the molecule is Cl.[C-]1=CCCC=CCC1.[C-]1=CCCC=CCC1.[Ir]. The Balaban J connectivity index is 0. The minimum Gasteiger partial charge on any atom is -0.500 e. The van der Waals surface area contributed by atoms with Gasteiger partial charge in [-0.05, 0) is 12.8 Å². The van der Waals surface area contributed by atoms with Gasteiger partial charge >= 0.3 is 0 Å². The van der Waals surface area contributed by atoms with Crippen LogP contribution in [-0.4, -0.2) is 0 Å². The molecule has 0 unspecified atom stereocenters. The molecule has 18 heavy (non-hydrogen) atoms. The summed E-state index contributed by atoms with van der Waals surface area (Å²) in [6, 6.07) is 0. The van der Waals surface area contributed by atoms with Gasteiger partial charge in [-0.25, -0.2) is 0 Å². The molecule has 0 N–H and O–H groups in total. The van der Waals surface area contributed by atoms with Crippen molar-refractivity contribution in [3.63, 3.8) is 0 Å². The Labute approximate surface area is 132 Å². The molecule has 105 valence electrons. The molecule has 0 spiro atoms. The van der Waals surface area contributed by atoms with E-state index in [1.54, 1.807) is 0 Å². The van der Waals surface area contributed by atoms with Crippen molar-refractivity contribution < 1.29 is 20.1 Å². The third kappa shape index (κ3) is 14.0. The van der Waals surface area contributed by atoms with E-state index in [1.807, 2.05) is 0 Å². The van der Waals surface area contributed by atoms with Crippen molar-refractivity contribution in [3.8, 4) is 0 Å². The van der Waals surface area contributed by atoms with E-state index in [-0.39, 0.29) is 32.5 Å². The second-order valence-electron chi connectivity index (χ2n) is 3.99. The fourth-order valence-electron chi connectivity index (χ4n) is 1.57. The first-order chi connectivity index (χ1) is 8.00. The van der Waals surface area contributed by atoms with Gasteiger partial charge in [-0.3, -0.25) is 12.2 Å². The second kappa shape index (κ2) is 16.9. The van der Waals surface area contributed by atoms with Gasteiger partial charge < -0.3 is 12.2 Å². The van der Waals surface area contributed by atoms with Gasteiger partial charge in [0, 0.05) is 20.1 Å². The standard InChI is InChI=1S/2C8H11.ClH.Ir/c2*1-2-4-6-8-7-5-3-1;;/h2*1-2,7H,3-6H2;1H;/q2*-1;;. The third-order valence-electron chi connectivity index (χ3n) is 2.49. The minimum absolute atomic E-state index is 0. The van der Waals surface area contributed by atoms with Crippen LogP contribution in [0, 0.1) is 12.2 Å². The monoisotopic (exact) mass is 443 g/mol. The molecule has 0 heterocycles. The van der Waals surface area contributed by atoms with Crippen molar-refractivity contribution in [1.29, 1.82) is 0 Å². The van der Waals surface area contributed by atoms with E-state index in [1.165, 1.54) is 38.5 Å². The molecular weight excluding hydrogens is 420 g/mol. The molecule has 0 fully saturated rings. The molecular formula is C16H23ClIr-2. The molecule has 0 atom stereocenters. The Kier molecular flexibility index (Phi) is 19.0. The van der Waals surface area contributed by atoms with Gasteiger partial charge in [-0.2, -0.15) is 12.8 Å². The predicted octanol–water partition coefficient (Wildman–Crippen LogP) is 5.37. The van der Waals surface area contributed by atoms with Crippen molar-refractivity contribution in [2.24, 2.45) is 0 Å². The molecule has 0 saturated carbocycles. The summed E-state index contributed by atoms with van der Waals surface area (Å²) < 4.78 is 0. The zero-order valence-electron chi connectivity index (χ0n) is 10.9. The molecule has 2 aliphatic rings. The van der Waals surface area contributed by atoms with Crippen LogP contribution in [0.25, 0.3) is 0 Å². The van der Waals surface area contributed by atoms with Crippen molar-refractivity contribution >= 4 is 12.4 Å². The summed E-state index contributed by atoms with van der Waals surface area (Å²) in [7, 11) is 0. The average molecular weight is 443 g/mol. The fourth-order valence-corrected chi connectivity index (χ4v) is 1.57. The first-order valence-corrected chi connectivity index (χ1v) is 6.40. The van der Waals surface area contributed by atoms with Gasteiger partial charge in [0.15, 0.2) is 0 Å².